The number of rotatable bonds is 4. The van der Waals surface area contributed by atoms with Gasteiger partial charge in [-0.05, 0) is 25.0 Å². The van der Waals surface area contributed by atoms with Gasteiger partial charge >= 0.3 is 5.97 Å². The molecule has 1 aliphatic heterocycles. The Balaban J connectivity index is 2.60. The van der Waals surface area contributed by atoms with E-state index in [9.17, 15) is 4.79 Å². The molecule has 1 aromatic carbocycles. The lowest BCUT2D eigenvalue weighted by atomic mass is 9.90. The number of fused-ring (bicyclic) bond motifs is 1. The van der Waals surface area contributed by atoms with Gasteiger partial charge in [-0.1, -0.05) is 0 Å². The van der Waals surface area contributed by atoms with E-state index in [1.165, 1.54) is 0 Å². The highest BCUT2D eigenvalue weighted by Crippen LogP contribution is 2.46. The minimum atomic E-state index is -0.782. The van der Waals surface area contributed by atoms with Crippen molar-refractivity contribution >= 4 is 11.7 Å². The molecular formula is C15H21NO4. The van der Waals surface area contributed by atoms with E-state index >= 15 is 0 Å². The summed E-state index contributed by atoms with van der Waals surface area (Å²) in [4.78, 5) is 13.3. The second-order valence-corrected chi connectivity index (χ2v) is 5.09. The van der Waals surface area contributed by atoms with Gasteiger partial charge in [0.2, 0.25) is 0 Å². The van der Waals surface area contributed by atoms with Crippen LogP contribution in [0, 0.1) is 0 Å². The number of anilines is 1. The van der Waals surface area contributed by atoms with E-state index in [4.69, 9.17) is 14.6 Å². The molecule has 1 N–H and O–H groups in total. The highest BCUT2D eigenvalue weighted by atomic mass is 16.5. The average Bonchev–Trinajstić information content (AvgIpc) is 2.58. The van der Waals surface area contributed by atoms with Crippen LogP contribution in [0.15, 0.2) is 12.1 Å². The quantitative estimate of drug-likeness (QED) is 0.917. The maximum absolute atomic E-state index is 11.1. The first kappa shape index (κ1) is 14.5. The van der Waals surface area contributed by atoms with Crippen molar-refractivity contribution in [3.63, 3.8) is 0 Å². The molecule has 0 saturated heterocycles. The van der Waals surface area contributed by atoms with Crippen LogP contribution in [-0.4, -0.2) is 38.9 Å². The molecule has 0 aliphatic carbocycles. The summed E-state index contributed by atoms with van der Waals surface area (Å²) < 4.78 is 10.9. The summed E-state index contributed by atoms with van der Waals surface area (Å²) >= 11 is 0. The zero-order valence-electron chi connectivity index (χ0n) is 12.2. The lowest BCUT2D eigenvalue weighted by Gasteiger charge is -2.25. The molecule has 20 heavy (non-hydrogen) atoms. The molecule has 1 aromatic rings. The number of nitrogens with zero attached hydrogens (tertiary/aromatic N) is 1. The van der Waals surface area contributed by atoms with E-state index in [1.807, 2.05) is 19.2 Å². The highest BCUT2D eigenvalue weighted by molar-refractivity contribution is 5.73. The molecule has 110 valence electrons. The van der Waals surface area contributed by atoms with Gasteiger partial charge in [0.25, 0.3) is 0 Å². The first-order valence-corrected chi connectivity index (χ1v) is 6.76. The zero-order chi connectivity index (χ0) is 14.7. The summed E-state index contributed by atoms with van der Waals surface area (Å²) in [6.07, 6.45) is 1.91. The minimum Gasteiger partial charge on any atom is -0.496 e. The van der Waals surface area contributed by atoms with Crippen molar-refractivity contribution in [2.24, 2.45) is 0 Å². The molecule has 0 fully saturated rings. The smallest absolute Gasteiger partial charge is 0.303 e. The third-order valence-electron chi connectivity index (χ3n) is 3.84. The topological polar surface area (TPSA) is 59.0 Å². The molecule has 0 spiro atoms. The largest absolute Gasteiger partial charge is 0.496 e. The van der Waals surface area contributed by atoms with Crippen LogP contribution in [0.25, 0.3) is 0 Å². The van der Waals surface area contributed by atoms with Crippen LogP contribution < -0.4 is 14.4 Å². The number of carboxylic acid groups (broad SMARTS) is 1. The van der Waals surface area contributed by atoms with Crippen molar-refractivity contribution in [2.75, 3.05) is 32.7 Å². The fourth-order valence-electron chi connectivity index (χ4n) is 2.95. The molecule has 1 heterocycles. The number of carboxylic acids is 1. The SMILES string of the molecule is COc1ccc(OC)c2c1C(CC(=O)O)CCCN2C. The predicted molar refractivity (Wildman–Crippen MR) is 77.0 cm³/mol. The number of ether oxygens (including phenoxy) is 2. The Labute approximate surface area is 119 Å². The highest BCUT2D eigenvalue weighted by Gasteiger charge is 2.29. The third kappa shape index (κ3) is 2.66. The van der Waals surface area contributed by atoms with Gasteiger partial charge in [0.1, 0.15) is 11.5 Å². The summed E-state index contributed by atoms with van der Waals surface area (Å²) in [5.74, 6) is 0.675. The third-order valence-corrected chi connectivity index (χ3v) is 3.84. The van der Waals surface area contributed by atoms with Gasteiger partial charge in [0.15, 0.2) is 0 Å². The van der Waals surface area contributed by atoms with Crippen LogP contribution >= 0.6 is 0 Å². The van der Waals surface area contributed by atoms with Gasteiger partial charge in [-0.2, -0.15) is 0 Å². The molecule has 0 bridgehead atoms. The van der Waals surface area contributed by atoms with Crippen LogP contribution in [0.2, 0.25) is 0 Å². The minimum absolute atomic E-state index is 0.0440. The summed E-state index contributed by atoms with van der Waals surface area (Å²) in [5, 5.41) is 9.15. The van der Waals surface area contributed by atoms with Crippen LogP contribution in [0.5, 0.6) is 11.5 Å². The summed E-state index contributed by atoms with van der Waals surface area (Å²) in [7, 11) is 5.25. The first-order chi connectivity index (χ1) is 9.58. The molecule has 5 heteroatoms. The Kier molecular flexibility index (Phi) is 4.37. The fraction of sp³-hybridized carbons (Fsp3) is 0.533. The molecular weight excluding hydrogens is 258 g/mol. The number of benzene rings is 1. The van der Waals surface area contributed by atoms with Crippen molar-refractivity contribution < 1.29 is 19.4 Å². The Hall–Kier alpha value is -1.91. The molecule has 5 nitrogen and oxygen atoms in total. The molecule has 2 rings (SSSR count). The fourth-order valence-corrected chi connectivity index (χ4v) is 2.95. The number of aliphatic carboxylic acids is 1. The van der Waals surface area contributed by atoms with E-state index in [-0.39, 0.29) is 12.3 Å². The lowest BCUT2D eigenvalue weighted by Crippen LogP contribution is -2.19. The molecule has 1 unspecified atom stereocenters. The Morgan fingerprint density at radius 3 is 2.60 bits per heavy atom. The number of hydrogen-bond acceptors (Lipinski definition) is 4. The van der Waals surface area contributed by atoms with Gasteiger partial charge in [0, 0.05) is 25.1 Å². The maximum Gasteiger partial charge on any atom is 0.303 e. The van der Waals surface area contributed by atoms with E-state index in [0.29, 0.717) is 0 Å². The zero-order valence-corrected chi connectivity index (χ0v) is 12.2. The monoisotopic (exact) mass is 279 g/mol. The lowest BCUT2D eigenvalue weighted by molar-refractivity contribution is -0.137. The van der Waals surface area contributed by atoms with Crippen molar-refractivity contribution in [3.8, 4) is 11.5 Å². The maximum atomic E-state index is 11.1. The second-order valence-electron chi connectivity index (χ2n) is 5.09. The van der Waals surface area contributed by atoms with Crippen molar-refractivity contribution in [2.45, 2.75) is 25.2 Å². The van der Waals surface area contributed by atoms with E-state index < -0.39 is 5.97 Å². The molecule has 0 radical (unpaired) electrons. The van der Waals surface area contributed by atoms with E-state index in [1.54, 1.807) is 14.2 Å². The summed E-state index contributed by atoms with van der Waals surface area (Å²) in [6.45, 7) is 0.882. The van der Waals surface area contributed by atoms with Gasteiger partial charge < -0.3 is 19.5 Å². The van der Waals surface area contributed by atoms with E-state index in [2.05, 4.69) is 4.90 Å². The molecule has 0 aromatic heterocycles. The summed E-state index contributed by atoms with van der Waals surface area (Å²) in [5.41, 5.74) is 1.91. The Morgan fingerprint density at radius 1 is 1.35 bits per heavy atom. The van der Waals surface area contributed by atoms with Crippen molar-refractivity contribution in [3.05, 3.63) is 17.7 Å². The van der Waals surface area contributed by atoms with Gasteiger partial charge in [0.05, 0.1) is 26.3 Å². The second kappa shape index (κ2) is 6.03. The Bertz CT molecular complexity index is 501. The van der Waals surface area contributed by atoms with E-state index in [0.717, 1.165) is 42.1 Å². The number of carbonyl (C=O) groups is 1. The molecule has 1 atom stereocenters. The van der Waals surface area contributed by atoms with Crippen LogP contribution in [0.1, 0.15) is 30.7 Å². The average molecular weight is 279 g/mol. The van der Waals surface area contributed by atoms with Gasteiger partial charge in [-0.25, -0.2) is 0 Å². The normalized spacial score (nSPS) is 18.1. The van der Waals surface area contributed by atoms with Gasteiger partial charge in [-0.3, -0.25) is 4.79 Å². The standard InChI is InChI=1S/C15H21NO4/c1-16-8-4-5-10(9-13(17)18)14-11(19-2)6-7-12(20-3)15(14)16/h6-7,10H,4-5,8-9H2,1-3H3,(H,17,18). The van der Waals surface area contributed by atoms with Crippen molar-refractivity contribution in [1.82, 2.24) is 0 Å². The first-order valence-electron chi connectivity index (χ1n) is 6.76. The predicted octanol–water partition coefficient (Wildman–Crippen LogP) is 2.49. The van der Waals surface area contributed by atoms with Gasteiger partial charge in [-0.15, -0.1) is 0 Å². The number of methoxy groups -OCH3 is 2. The van der Waals surface area contributed by atoms with Crippen LogP contribution in [-0.2, 0) is 4.79 Å². The van der Waals surface area contributed by atoms with Crippen molar-refractivity contribution in [1.29, 1.82) is 0 Å². The van der Waals surface area contributed by atoms with Crippen LogP contribution in [0.3, 0.4) is 0 Å². The molecule has 0 amide bonds. The number of hydrogen-bond donors (Lipinski definition) is 1. The molecule has 1 aliphatic rings. The Morgan fingerprint density at radius 2 is 2.00 bits per heavy atom. The summed E-state index contributed by atoms with van der Waals surface area (Å²) in [6, 6.07) is 3.73. The van der Waals surface area contributed by atoms with Crippen LogP contribution in [0.4, 0.5) is 5.69 Å². The molecule has 0 saturated carbocycles.